The van der Waals surface area contributed by atoms with Crippen molar-refractivity contribution < 1.29 is 17.9 Å². The zero-order valence-corrected chi connectivity index (χ0v) is 11.3. The number of nitrogens with two attached hydrogens (primary N) is 2. The summed E-state index contributed by atoms with van der Waals surface area (Å²) in [5, 5.41) is 0. The number of rotatable bonds is 5. The topological polar surface area (TPSA) is 137 Å². The van der Waals surface area contributed by atoms with Gasteiger partial charge >= 0.3 is 6.09 Å². The summed E-state index contributed by atoms with van der Waals surface area (Å²) in [6.07, 6.45) is 1.65. The molecule has 0 fully saturated rings. The van der Waals surface area contributed by atoms with Crippen LogP contribution in [-0.2, 0) is 14.8 Å². The van der Waals surface area contributed by atoms with Crippen LogP contribution in [0.15, 0.2) is 23.4 Å². The average molecular weight is 298 g/mol. The summed E-state index contributed by atoms with van der Waals surface area (Å²) in [6.45, 7) is -0.0850. The molecule has 1 aromatic heterocycles. The fourth-order valence-electron chi connectivity index (χ4n) is 1.20. The molecule has 0 saturated heterocycles. The summed E-state index contributed by atoms with van der Waals surface area (Å²) in [4.78, 5) is 14.1. The van der Waals surface area contributed by atoms with Gasteiger partial charge in [-0.3, -0.25) is 4.98 Å². The van der Waals surface area contributed by atoms with E-state index in [1.54, 1.807) is 0 Å². The number of hydrogen-bond acceptors (Lipinski definition) is 6. The Morgan fingerprint density at radius 2 is 2.20 bits per heavy atom. The van der Waals surface area contributed by atoms with E-state index in [9.17, 15) is 13.2 Å². The molecule has 0 spiro atoms. The van der Waals surface area contributed by atoms with Crippen molar-refractivity contribution in [3.63, 3.8) is 0 Å². The summed E-state index contributed by atoms with van der Waals surface area (Å²) >= 11 is 0. The maximum Gasteiger partial charge on any atom is 0.404 e. The number of primary amides is 1. The molecule has 0 aliphatic heterocycles. The standard InChI is InChI=1S/C11H14N4O4S/c12-3-1-2-9-6-10(8-14-7-9)20(17,18)15-4-5-19-11(13)16/h6-8,15H,3-5,12H2,(H2,13,16). The van der Waals surface area contributed by atoms with Gasteiger partial charge in [-0.2, -0.15) is 0 Å². The maximum absolute atomic E-state index is 11.9. The lowest BCUT2D eigenvalue weighted by atomic mass is 10.3. The summed E-state index contributed by atoms with van der Waals surface area (Å²) in [5.41, 5.74) is 10.4. The summed E-state index contributed by atoms with van der Waals surface area (Å²) in [5.74, 6) is 5.28. The molecule has 0 aliphatic rings. The van der Waals surface area contributed by atoms with Crippen LogP contribution >= 0.6 is 0 Å². The van der Waals surface area contributed by atoms with E-state index in [0.29, 0.717) is 5.56 Å². The zero-order valence-electron chi connectivity index (χ0n) is 10.5. The first-order valence-corrected chi connectivity index (χ1v) is 7.00. The van der Waals surface area contributed by atoms with Gasteiger partial charge in [0.05, 0.1) is 6.54 Å². The third-order valence-corrected chi connectivity index (χ3v) is 3.42. The maximum atomic E-state index is 11.9. The molecule has 1 aromatic rings. The Bertz CT molecular complexity index is 633. The number of nitrogens with one attached hydrogen (secondary N) is 1. The first kappa shape index (κ1) is 15.9. The van der Waals surface area contributed by atoms with Gasteiger partial charge in [0.2, 0.25) is 10.0 Å². The summed E-state index contributed by atoms with van der Waals surface area (Å²) in [6, 6.07) is 1.37. The molecule has 0 radical (unpaired) electrons. The monoisotopic (exact) mass is 298 g/mol. The highest BCUT2D eigenvalue weighted by atomic mass is 32.2. The Hall–Kier alpha value is -2.15. The number of nitrogens with zero attached hydrogens (tertiary/aromatic N) is 1. The lowest BCUT2D eigenvalue weighted by Crippen LogP contribution is -2.29. The van der Waals surface area contributed by atoms with Crippen molar-refractivity contribution in [2.24, 2.45) is 11.5 Å². The second kappa shape index (κ2) is 7.44. The second-order valence-corrected chi connectivity index (χ2v) is 5.25. The Morgan fingerprint density at radius 1 is 1.45 bits per heavy atom. The molecule has 8 nitrogen and oxygen atoms in total. The zero-order chi connectivity index (χ0) is 15.0. The molecule has 1 rings (SSSR count). The molecule has 108 valence electrons. The van der Waals surface area contributed by atoms with E-state index in [4.69, 9.17) is 11.5 Å². The number of hydrogen-bond donors (Lipinski definition) is 3. The number of aromatic nitrogens is 1. The minimum atomic E-state index is -3.75. The Labute approximate surface area is 116 Å². The van der Waals surface area contributed by atoms with E-state index in [1.807, 2.05) is 0 Å². The molecule has 0 aliphatic carbocycles. The first-order chi connectivity index (χ1) is 9.45. The molecule has 0 saturated carbocycles. The van der Waals surface area contributed by atoms with Crippen LogP contribution in [0.3, 0.4) is 0 Å². The van der Waals surface area contributed by atoms with Gasteiger partial charge in [-0.25, -0.2) is 17.9 Å². The van der Waals surface area contributed by atoms with E-state index in [0.717, 1.165) is 0 Å². The van der Waals surface area contributed by atoms with Gasteiger partial charge in [0.15, 0.2) is 0 Å². The third kappa shape index (κ3) is 5.23. The Morgan fingerprint density at radius 3 is 2.85 bits per heavy atom. The summed E-state index contributed by atoms with van der Waals surface area (Å²) in [7, 11) is -3.75. The minimum Gasteiger partial charge on any atom is -0.448 e. The predicted molar refractivity (Wildman–Crippen MR) is 70.9 cm³/mol. The minimum absolute atomic E-state index is 0.0413. The molecular formula is C11H14N4O4S. The average Bonchev–Trinajstić information content (AvgIpc) is 2.41. The lowest BCUT2D eigenvalue weighted by molar-refractivity contribution is 0.159. The first-order valence-electron chi connectivity index (χ1n) is 5.51. The van der Waals surface area contributed by atoms with Crippen LogP contribution in [0, 0.1) is 11.8 Å². The van der Waals surface area contributed by atoms with Gasteiger partial charge in [-0.1, -0.05) is 11.8 Å². The van der Waals surface area contributed by atoms with Crippen LogP contribution in [0.25, 0.3) is 0 Å². The Kier molecular flexibility index (Phi) is 5.92. The molecule has 1 heterocycles. The number of amides is 1. The number of carbonyl (C=O) groups is 1. The number of pyridine rings is 1. The van der Waals surface area contributed by atoms with Gasteiger partial charge in [-0.05, 0) is 6.07 Å². The fraction of sp³-hybridized carbons (Fsp3) is 0.273. The van der Waals surface area contributed by atoms with Crippen molar-refractivity contribution in [2.45, 2.75) is 4.90 Å². The van der Waals surface area contributed by atoms with Crippen LogP contribution in [0.1, 0.15) is 5.56 Å². The highest BCUT2D eigenvalue weighted by molar-refractivity contribution is 7.89. The van der Waals surface area contributed by atoms with E-state index in [1.165, 1.54) is 18.5 Å². The quantitative estimate of drug-likeness (QED) is 0.459. The van der Waals surface area contributed by atoms with Crippen molar-refractivity contribution >= 4 is 16.1 Å². The molecule has 0 bridgehead atoms. The lowest BCUT2D eigenvalue weighted by Gasteiger charge is -2.06. The highest BCUT2D eigenvalue weighted by Gasteiger charge is 2.14. The van der Waals surface area contributed by atoms with E-state index >= 15 is 0 Å². The van der Waals surface area contributed by atoms with Crippen LogP contribution in [0.2, 0.25) is 0 Å². The fourth-order valence-corrected chi connectivity index (χ4v) is 2.20. The van der Waals surface area contributed by atoms with Crippen molar-refractivity contribution in [2.75, 3.05) is 19.7 Å². The second-order valence-electron chi connectivity index (χ2n) is 3.48. The van der Waals surface area contributed by atoms with Crippen molar-refractivity contribution in [3.8, 4) is 11.8 Å². The molecule has 0 unspecified atom stereocenters. The SMILES string of the molecule is NCC#Cc1cncc(S(=O)(=O)NCCOC(N)=O)c1. The number of ether oxygens (including phenoxy) is 1. The normalized spacial score (nSPS) is 10.4. The van der Waals surface area contributed by atoms with Crippen molar-refractivity contribution in [1.29, 1.82) is 0 Å². The van der Waals surface area contributed by atoms with Crippen molar-refractivity contribution in [1.82, 2.24) is 9.71 Å². The van der Waals surface area contributed by atoms with Crippen LogP contribution in [0.5, 0.6) is 0 Å². The Balaban J connectivity index is 2.74. The van der Waals surface area contributed by atoms with Gasteiger partial charge in [0.25, 0.3) is 0 Å². The predicted octanol–water partition coefficient (Wildman–Crippen LogP) is -1.23. The number of sulfonamides is 1. The van der Waals surface area contributed by atoms with Gasteiger partial charge in [0, 0.05) is 24.5 Å². The van der Waals surface area contributed by atoms with Crippen LogP contribution < -0.4 is 16.2 Å². The highest BCUT2D eigenvalue weighted by Crippen LogP contribution is 2.08. The van der Waals surface area contributed by atoms with Crippen molar-refractivity contribution in [3.05, 3.63) is 24.0 Å². The van der Waals surface area contributed by atoms with Gasteiger partial charge in [0.1, 0.15) is 11.5 Å². The molecule has 0 atom stereocenters. The molecule has 0 aromatic carbocycles. The molecular weight excluding hydrogens is 284 g/mol. The van der Waals surface area contributed by atoms with E-state index < -0.39 is 16.1 Å². The molecule has 5 N–H and O–H groups in total. The van der Waals surface area contributed by atoms with Crippen LogP contribution in [0.4, 0.5) is 4.79 Å². The number of carbonyl (C=O) groups excluding carboxylic acids is 1. The van der Waals surface area contributed by atoms with Crippen LogP contribution in [-0.4, -0.2) is 39.2 Å². The van der Waals surface area contributed by atoms with E-state index in [-0.39, 0.29) is 24.6 Å². The summed E-state index contributed by atoms with van der Waals surface area (Å²) < 4.78 is 30.5. The smallest absolute Gasteiger partial charge is 0.404 e. The molecule has 20 heavy (non-hydrogen) atoms. The van der Waals surface area contributed by atoms with Gasteiger partial charge in [-0.15, -0.1) is 0 Å². The molecule has 1 amide bonds. The molecule has 9 heteroatoms. The van der Waals surface area contributed by atoms with E-state index in [2.05, 4.69) is 26.3 Å². The largest absolute Gasteiger partial charge is 0.448 e. The van der Waals surface area contributed by atoms with Gasteiger partial charge < -0.3 is 16.2 Å². The third-order valence-electron chi connectivity index (χ3n) is 2.00.